The molecule has 1 atom stereocenters. The van der Waals surface area contributed by atoms with Crippen molar-refractivity contribution in [1.29, 1.82) is 0 Å². The molecule has 2 aromatic rings. The number of halogens is 1. The van der Waals surface area contributed by atoms with Crippen molar-refractivity contribution in [3.63, 3.8) is 0 Å². The van der Waals surface area contributed by atoms with Crippen LogP contribution in [-0.4, -0.2) is 31.8 Å². The Labute approximate surface area is 144 Å². The van der Waals surface area contributed by atoms with Crippen LogP contribution in [0.3, 0.4) is 0 Å². The Hall–Kier alpha value is -1.90. The lowest BCUT2D eigenvalue weighted by atomic mass is 10.1. The maximum Gasteiger partial charge on any atom is 0.321 e. The Kier molecular flexibility index (Phi) is 6.36. The van der Waals surface area contributed by atoms with Crippen molar-refractivity contribution in [3.05, 3.63) is 66.0 Å². The first-order valence-corrected chi connectivity index (χ1v) is 9.58. The summed E-state index contributed by atoms with van der Waals surface area (Å²) in [5.41, 5.74) is 0.649. The van der Waals surface area contributed by atoms with Gasteiger partial charge in [-0.25, -0.2) is 17.5 Å². The van der Waals surface area contributed by atoms with E-state index < -0.39 is 27.1 Å². The summed E-state index contributed by atoms with van der Waals surface area (Å²) in [6.45, 7) is 0.0704. The normalized spacial score (nSPS) is 12.7. The molecular formula is C16H16FNO4S2. The summed E-state index contributed by atoms with van der Waals surface area (Å²) >= 11 is 1.13. The number of thioether (sulfide) groups is 1. The molecule has 0 radical (unpaired) electrons. The lowest BCUT2D eigenvalue weighted by Crippen LogP contribution is -2.26. The van der Waals surface area contributed by atoms with E-state index in [0.29, 0.717) is 5.56 Å². The van der Waals surface area contributed by atoms with Crippen molar-refractivity contribution in [2.75, 3.05) is 12.3 Å². The van der Waals surface area contributed by atoms with Crippen LogP contribution in [0.4, 0.5) is 4.39 Å². The fraction of sp³-hybridized carbons (Fsp3) is 0.188. The molecule has 0 aliphatic rings. The van der Waals surface area contributed by atoms with Gasteiger partial charge in [-0.15, -0.1) is 11.8 Å². The van der Waals surface area contributed by atoms with Gasteiger partial charge in [0.15, 0.2) is 0 Å². The molecule has 0 spiro atoms. The third-order valence-electron chi connectivity index (χ3n) is 3.13. The summed E-state index contributed by atoms with van der Waals surface area (Å²) in [7, 11) is -3.74. The fourth-order valence-corrected chi connectivity index (χ4v) is 4.10. The quantitative estimate of drug-likeness (QED) is 0.699. The minimum atomic E-state index is -3.74. The Balaban J connectivity index is 1.91. The number of rotatable bonds is 8. The average molecular weight is 369 g/mol. The van der Waals surface area contributed by atoms with E-state index in [2.05, 4.69) is 4.72 Å². The van der Waals surface area contributed by atoms with Crippen LogP contribution >= 0.6 is 11.8 Å². The zero-order valence-electron chi connectivity index (χ0n) is 12.6. The third kappa shape index (κ3) is 5.05. The number of hydrogen-bond donors (Lipinski definition) is 2. The molecule has 8 heteroatoms. The van der Waals surface area contributed by atoms with Gasteiger partial charge in [-0.2, -0.15) is 0 Å². The second-order valence-corrected chi connectivity index (χ2v) is 7.83. The van der Waals surface area contributed by atoms with Gasteiger partial charge in [0.1, 0.15) is 11.1 Å². The molecule has 128 valence electrons. The van der Waals surface area contributed by atoms with E-state index in [1.165, 1.54) is 12.1 Å². The Morgan fingerprint density at radius 3 is 2.33 bits per heavy atom. The second-order valence-electron chi connectivity index (χ2n) is 4.85. The molecule has 0 saturated carbocycles. The van der Waals surface area contributed by atoms with Gasteiger partial charge < -0.3 is 5.11 Å². The average Bonchev–Trinajstić information content (AvgIpc) is 2.55. The van der Waals surface area contributed by atoms with Gasteiger partial charge in [-0.05, 0) is 29.8 Å². The van der Waals surface area contributed by atoms with E-state index in [1.807, 2.05) is 0 Å². The monoisotopic (exact) mass is 369 g/mol. The zero-order valence-corrected chi connectivity index (χ0v) is 14.2. The highest BCUT2D eigenvalue weighted by Gasteiger charge is 2.20. The lowest BCUT2D eigenvalue weighted by Gasteiger charge is -2.13. The van der Waals surface area contributed by atoms with Crippen LogP contribution in [0.25, 0.3) is 0 Å². The van der Waals surface area contributed by atoms with E-state index in [9.17, 15) is 22.7 Å². The molecule has 1 unspecified atom stereocenters. The summed E-state index contributed by atoms with van der Waals surface area (Å²) in [6, 6.07) is 13.2. The Morgan fingerprint density at radius 1 is 1.12 bits per heavy atom. The van der Waals surface area contributed by atoms with Crippen molar-refractivity contribution in [2.24, 2.45) is 0 Å². The molecule has 0 heterocycles. The number of sulfonamides is 1. The molecule has 0 aliphatic heterocycles. The number of nitrogens with one attached hydrogen (secondary N) is 1. The third-order valence-corrected chi connectivity index (χ3v) is 5.85. The largest absolute Gasteiger partial charge is 0.480 e. The van der Waals surface area contributed by atoms with Gasteiger partial charge >= 0.3 is 5.97 Å². The predicted molar refractivity (Wildman–Crippen MR) is 90.9 cm³/mol. The van der Waals surface area contributed by atoms with Crippen molar-refractivity contribution >= 4 is 27.8 Å². The summed E-state index contributed by atoms with van der Waals surface area (Å²) in [5, 5.41) is 8.53. The predicted octanol–water partition coefficient (Wildman–Crippen LogP) is 2.66. The molecule has 0 amide bonds. The molecule has 0 aromatic heterocycles. The van der Waals surface area contributed by atoms with Gasteiger partial charge in [-0.3, -0.25) is 4.79 Å². The first-order chi connectivity index (χ1) is 11.4. The van der Waals surface area contributed by atoms with Crippen LogP contribution in [0.15, 0.2) is 59.5 Å². The molecule has 2 N–H and O–H groups in total. The molecule has 2 rings (SSSR count). The van der Waals surface area contributed by atoms with Gasteiger partial charge in [-0.1, -0.05) is 30.3 Å². The first kappa shape index (κ1) is 18.4. The minimum absolute atomic E-state index is 0.0354. The maximum absolute atomic E-state index is 12.8. The number of carboxylic acid groups (broad SMARTS) is 1. The highest BCUT2D eigenvalue weighted by atomic mass is 32.2. The standard InChI is InChI=1S/C16H16FNO4S2/c17-13-6-8-14(9-7-13)24(21,22)18-10-11-23-15(16(19)20)12-4-2-1-3-5-12/h1-9,15,18H,10-11H2,(H,19,20). The van der Waals surface area contributed by atoms with Gasteiger partial charge in [0.25, 0.3) is 0 Å². The molecule has 24 heavy (non-hydrogen) atoms. The minimum Gasteiger partial charge on any atom is -0.480 e. The van der Waals surface area contributed by atoms with E-state index in [4.69, 9.17) is 0 Å². The number of carboxylic acids is 1. The Morgan fingerprint density at radius 2 is 1.75 bits per heavy atom. The van der Waals surface area contributed by atoms with Crippen molar-refractivity contribution in [2.45, 2.75) is 10.1 Å². The lowest BCUT2D eigenvalue weighted by molar-refractivity contribution is -0.136. The fourth-order valence-electron chi connectivity index (χ4n) is 1.99. The van der Waals surface area contributed by atoms with E-state index in [-0.39, 0.29) is 17.2 Å². The second kappa shape index (κ2) is 8.27. The van der Waals surface area contributed by atoms with E-state index >= 15 is 0 Å². The van der Waals surface area contributed by atoms with E-state index in [1.54, 1.807) is 30.3 Å². The van der Waals surface area contributed by atoms with E-state index in [0.717, 1.165) is 23.9 Å². The Bertz CT molecular complexity index is 779. The molecular weight excluding hydrogens is 353 g/mol. The van der Waals surface area contributed by atoms with Crippen molar-refractivity contribution < 1.29 is 22.7 Å². The van der Waals surface area contributed by atoms with Crippen LogP contribution in [0.1, 0.15) is 10.8 Å². The first-order valence-electron chi connectivity index (χ1n) is 7.05. The highest BCUT2D eigenvalue weighted by molar-refractivity contribution is 8.00. The molecule has 0 saturated heterocycles. The summed E-state index contributed by atoms with van der Waals surface area (Å²) < 4.78 is 39.3. The van der Waals surface area contributed by atoms with Gasteiger partial charge in [0, 0.05) is 12.3 Å². The van der Waals surface area contributed by atoms with Crippen molar-refractivity contribution in [3.8, 4) is 0 Å². The number of hydrogen-bond acceptors (Lipinski definition) is 4. The molecule has 2 aromatic carbocycles. The highest BCUT2D eigenvalue weighted by Crippen LogP contribution is 2.28. The molecule has 0 aliphatic carbocycles. The smallest absolute Gasteiger partial charge is 0.321 e. The summed E-state index contributed by atoms with van der Waals surface area (Å²) in [4.78, 5) is 11.3. The summed E-state index contributed by atoms with van der Waals surface area (Å²) in [5.74, 6) is -1.21. The molecule has 0 bridgehead atoms. The maximum atomic E-state index is 12.8. The van der Waals surface area contributed by atoms with Crippen LogP contribution < -0.4 is 4.72 Å². The molecule has 0 fully saturated rings. The van der Waals surface area contributed by atoms with Gasteiger partial charge in [0.05, 0.1) is 4.90 Å². The number of aliphatic carboxylic acids is 1. The van der Waals surface area contributed by atoms with Crippen LogP contribution in [-0.2, 0) is 14.8 Å². The molecule has 5 nitrogen and oxygen atoms in total. The van der Waals surface area contributed by atoms with Crippen molar-refractivity contribution in [1.82, 2.24) is 4.72 Å². The van der Waals surface area contributed by atoms with Gasteiger partial charge in [0.2, 0.25) is 10.0 Å². The van der Waals surface area contributed by atoms with Crippen LogP contribution in [0.5, 0.6) is 0 Å². The van der Waals surface area contributed by atoms with Crippen LogP contribution in [0.2, 0.25) is 0 Å². The van der Waals surface area contributed by atoms with Crippen LogP contribution in [0, 0.1) is 5.82 Å². The number of carbonyl (C=O) groups is 1. The topological polar surface area (TPSA) is 83.5 Å². The summed E-state index contributed by atoms with van der Waals surface area (Å²) in [6.07, 6.45) is 0. The SMILES string of the molecule is O=C(O)C(SCCNS(=O)(=O)c1ccc(F)cc1)c1ccccc1. The zero-order chi connectivity index (χ0) is 17.6. The number of benzene rings is 2.